The molecule has 9 nitrogen and oxygen atoms in total. The molecule has 29 heavy (non-hydrogen) atoms. The number of rotatable bonds is 4. The fourth-order valence-electron chi connectivity index (χ4n) is 3.73. The molecular formula is C20H20N8O. The van der Waals surface area contributed by atoms with Crippen molar-refractivity contribution in [3.8, 4) is 11.3 Å². The predicted octanol–water partition coefficient (Wildman–Crippen LogP) is 2.09. The van der Waals surface area contributed by atoms with E-state index in [-0.39, 0.29) is 17.7 Å². The minimum absolute atomic E-state index is 0.0525. The van der Waals surface area contributed by atoms with E-state index in [2.05, 4.69) is 25.6 Å². The lowest BCUT2D eigenvalue weighted by atomic mass is 10.1. The molecule has 0 aliphatic heterocycles. The van der Waals surface area contributed by atoms with Crippen LogP contribution in [0.15, 0.2) is 43.1 Å². The van der Waals surface area contributed by atoms with Crippen LogP contribution < -0.4 is 11.1 Å². The highest BCUT2D eigenvalue weighted by molar-refractivity contribution is 5.98. The van der Waals surface area contributed by atoms with Gasteiger partial charge in [-0.2, -0.15) is 5.10 Å². The molecule has 1 aromatic carbocycles. The summed E-state index contributed by atoms with van der Waals surface area (Å²) in [5, 5.41) is 16.2. The molecular weight excluding hydrogens is 368 g/mol. The summed E-state index contributed by atoms with van der Waals surface area (Å²) < 4.78 is 3.67. The number of amides is 1. The highest BCUT2D eigenvalue weighted by atomic mass is 16.2. The number of hydrogen-bond acceptors (Lipinski definition) is 6. The highest BCUT2D eigenvalue weighted by Crippen LogP contribution is 2.47. The van der Waals surface area contributed by atoms with Gasteiger partial charge in [-0.25, -0.2) is 4.98 Å². The van der Waals surface area contributed by atoms with Crippen molar-refractivity contribution >= 4 is 28.3 Å². The van der Waals surface area contributed by atoms with E-state index in [9.17, 15) is 4.79 Å². The first kappa shape index (κ1) is 17.4. The lowest BCUT2D eigenvalue weighted by Crippen LogP contribution is -2.16. The SMILES string of the molecule is Cn1cc([C@H]2C[C@@H]2C(=O)Nc2cc3cc(-c4cncn4C)cc(N)c3nn2)cn1. The van der Waals surface area contributed by atoms with Gasteiger partial charge in [-0.15, -0.1) is 10.2 Å². The number of aryl methyl sites for hydroxylation is 2. The van der Waals surface area contributed by atoms with Crippen molar-refractivity contribution < 1.29 is 4.79 Å². The maximum atomic E-state index is 12.6. The fourth-order valence-corrected chi connectivity index (χ4v) is 3.73. The smallest absolute Gasteiger partial charge is 0.229 e. The summed E-state index contributed by atoms with van der Waals surface area (Å²) >= 11 is 0. The first-order valence-corrected chi connectivity index (χ1v) is 9.32. The molecule has 0 unspecified atom stereocenters. The maximum absolute atomic E-state index is 12.6. The Morgan fingerprint density at radius 1 is 1.21 bits per heavy atom. The number of imidazole rings is 1. The molecule has 2 atom stereocenters. The number of benzene rings is 1. The van der Waals surface area contributed by atoms with Crippen LogP contribution in [0.2, 0.25) is 0 Å². The molecule has 3 aromatic heterocycles. The summed E-state index contributed by atoms with van der Waals surface area (Å²) in [4.78, 5) is 16.8. The standard InChI is InChI=1S/C20H20N8O/c1-27-10-22-8-17(27)11-3-12-5-18(25-26-19(12)16(21)4-11)24-20(29)15-6-14(15)13-7-23-28(2)9-13/h3-5,7-10,14-15H,6,21H2,1-2H3,(H,24,25,29)/t14-,15+/m1/s1. The van der Waals surface area contributed by atoms with E-state index in [0.717, 1.165) is 28.6 Å². The van der Waals surface area contributed by atoms with E-state index in [1.807, 2.05) is 43.2 Å². The van der Waals surface area contributed by atoms with Crippen LogP contribution in [0.25, 0.3) is 22.2 Å². The van der Waals surface area contributed by atoms with Crippen LogP contribution in [0.4, 0.5) is 11.5 Å². The summed E-state index contributed by atoms with van der Waals surface area (Å²) in [5.41, 5.74) is 10.3. The first-order valence-electron chi connectivity index (χ1n) is 9.32. The average molecular weight is 388 g/mol. The Balaban J connectivity index is 1.39. The van der Waals surface area contributed by atoms with E-state index < -0.39 is 0 Å². The Hall–Kier alpha value is -3.75. The van der Waals surface area contributed by atoms with Crippen LogP contribution in [0.1, 0.15) is 17.9 Å². The molecule has 4 aromatic rings. The second-order valence-electron chi connectivity index (χ2n) is 7.51. The molecule has 0 spiro atoms. The first-order chi connectivity index (χ1) is 14.0. The Morgan fingerprint density at radius 2 is 2.07 bits per heavy atom. The Labute approximate surface area is 166 Å². The zero-order valence-corrected chi connectivity index (χ0v) is 16.1. The summed E-state index contributed by atoms with van der Waals surface area (Å²) in [6, 6.07) is 5.63. The number of carbonyl (C=O) groups is 1. The quantitative estimate of drug-likeness (QED) is 0.517. The lowest BCUT2D eigenvalue weighted by molar-refractivity contribution is -0.117. The van der Waals surface area contributed by atoms with Gasteiger partial charge in [-0.3, -0.25) is 9.48 Å². The van der Waals surface area contributed by atoms with Gasteiger partial charge in [0.15, 0.2) is 5.82 Å². The third kappa shape index (κ3) is 3.10. The Kier molecular flexibility index (Phi) is 3.83. The van der Waals surface area contributed by atoms with Crippen LogP contribution in [-0.4, -0.2) is 35.4 Å². The number of nitrogens with zero attached hydrogens (tertiary/aromatic N) is 6. The number of aromatic nitrogens is 6. The van der Waals surface area contributed by atoms with Crippen LogP contribution in [-0.2, 0) is 18.9 Å². The van der Waals surface area contributed by atoms with Crippen LogP contribution in [0, 0.1) is 5.92 Å². The van der Waals surface area contributed by atoms with Gasteiger partial charge in [0, 0.05) is 37.2 Å². The fraction of sp³-hybridized carbons (Fsp3) is 0.250. The normalized spacial score (nSPS) is 18.1. The summed E-state index contributed by atoms with van der Waals surface area (Å²) in [6.45, 7) is 0. The second kappa shape index (κ2) is 6.40. The second-order valence-corrected chi connectivity index (χ2v) is 7.51. The lowest BCUT2D eigenvalue weighted by Gasteiger charge is -2.09. The highest BCUT2D eigenvalue weighted by Gasteiger charge is 2.44. The van der Waals surface area contributed by atoms with Crippen molar-refractivity contribution in [2.45, 2.75) is 12.3 Å². The number of carbonyl (C=O) groups excluding carboxylic acids is 1. The van der Waals surface area contributed by atoms with E-state index in [0.29, 0.717) is 17.0 Å². The largest absolute Gasteiger partial charge is 0.397 e. The average Bonchev–Trinajstić information content (AvgIpc) is 3.19. The van der Waals surface area contributed by atoms with Crippen molar-refractivity contribution in [3.05, 3.63) is 48.7 Å². The van der Waals surface area contributed by atoms with Crippen LogP contribution >= 0.6 is 0 Å². The molecule has 0 bridgehead atoms. The topological polar surface area (TPSA) is 117 Å². The number of nitrogen functional groups attached to an aromatic ring is 1. The molecule has 0 saturated heterocycles. The van der Waals surface area contributed by atoms with Crippen LogP contribution in [0.5, 0.6) is 0 Å². The molecule has 5 rings (SSSR count). The van der Waals surface area contributed by atoms with Crippen LogP contribution in [0.3, 0.4) is 0 Å². The molecule has 1 amide bonds. The van der Waals surface area contributed by atoms with Crippen molar-refractivity contribution in [1.82, 2.24) is 29.5 Å². The maximum Gasteiger partial charge on any atom is 0.229 e. The monoisotopic (exact) mass is 388 g/mol. The van der Waals surface area contributed by atoms with E-state index in [1.165, 1.54) is 0 Å². The molecule has 9 heteroatoms. The Bertz CT molecular complexity index is 1240. The van der Waals surface area contributed by atoms with Crippen molar-refractivity contribution in [3.63, 3.8) is 0 Å². The molecule has 1 aliphatic carbocycles. The zero-order valence-electron chi connectivity index (χ0n) is 16.1. The van der Waals surface area contributed by atoms with Gasteiger partial charge in [0.1, 0.15) is 5.52 Å². The number of fused-ring (bicyclic) bond motifs is 1. The molecule has 1 saturated carbocycles. The van der Waals surface area contributed by atoms with Gasteiger partial charge in [0.05, 0.1) is 30.1 Å². The third-order valence-electron chi connectivity index (χ3n) is 5.36. The minimum atomic E-state index is -0.0671. The van der Waals surface area contributed by atoms with Gasteiger partial charge in [-0.05, 0) is 36.1 Å². The van der Waals surface area contributed by atoms with Gasteiger partial charge in [0.25, 0.3) is 0 Å². The third-order valence-corrected chi connectivity index (χ3v) is 5.36. The van der Waals surface area contributed by atoms with Gasteiger partial charge in [0.2, 0.25) is 5.91 Å². The van der Waals surface area contributed by atoms with E-state index >= 15 is 0 Å². The van der Waals surface area contributed by atoms with Crippen molar-refractivity contribution in [2.75, 3.05) is 11.1 Å². The molecule has 146 valence electrons. The molecule has 3 N–H and O–H groups in total. The number of anilines is 2. The Morgan fingerprint density at radius 3 is 2.79 bits per heavy atom. The van der Waals surface area contributed by atoms with E-state index in [1.54, 1.807) is 23.3 Å². The van der Waals surface area contributed by atoms with Gasteiger partial charge >= 0.3 is 0 Å². The summed E-state index contributed by atoms with van der Waals surface area (Å²) in [6.07, 6.45) is 8.10. The van der Waals surface area contributed by atoms with Crippen molar-refractivity contribution in [1.29, 1.82) is 0 Å². The molecule has 3 heterocycles. The molecule has 1 aliphatic rings. The summed E-state index contributed by atoms with van der Waals surface area (Å²) in [7, 11) is 3.80. The molecule has 0 radical (unpaired) electrons. The molecule has 1 fully saturated rings. The van der Waals surface area contributed by atoms with Gasteiger partial charge < -0.3 is 15.6 Å². The predicted molar refractivity (Wildman–Crippen MR) is 109 cm³/mol. The number of nitrogens with two attached hydrogens (primary N) is 1. The number of nitrogens with one attached hydrogen (secondary N) is 1. The van der Waals surface area contributed by atoms with Gasteiger partial charge in [-0.1, -0.05) is 0 Å². The zero-order chi connectivity index (χ0) is 20.1. The van der Waals surface area contributed by atoms with Crippen molar-refractivity contribution in [2.24, 2.45) is 20.0 Å². The number of hydrogen-bond donors (Lipinski definition) is 2. The minimum Gasteiger partial charge on any atom is -0.397 e. The summed E-state index contributed by atoms with van der Waals surface area (Å²) in [5.74, 6) is 0.510. The van der Waals surface area contributed by atoms with E-state index in [4.69, 9.17) is 5.73 Å².